The van der Waals surface area contributed by atoms with Crippen molar-refractivity contribution in [1.82, 2.24) is 10.2 Å². The molecule has 0 radical (unpaired) electrons. The van der Waals surface area contributed by atoms with Gasteiger partial charge in [0.2, 0.25) is 0 Å². The van der Waals surface area contributed by atoms with Crippen LogP contribution in [0.4, 0.5) is 0 Å². The predicted octanol–water partition coefficient (Wildman–Crippen LogP) is 3.21. The van der Waals surface area contributed by atoms with Crippen LogP contribution in [0.5, 0.6) is 0 Å². The van der Waals surface area contributed by atoms with Crippen LogP contribution in [0.25, 0.3) is 0 Å². The standard InChI is InChI=1S/C18H28ClN3O/c1-20-18(22(2)12-13-23-14-15-9-10-15)21-11-5-7-16-6-3-4-8-17(16)19/h3-4,6,8,15H,5,7,9-14H2,1-2H3,(H,20,21). The van der Waals surface area contributed by atoms with Crippen molar-refractivity contribution in [2.45, 2.75) is 25.7 Å². The van der Waals surface area contributed by atoms with E-state index in [1.54, 1.807) is 0 Å². The normalized spacial score (nSPS) is 14.8. The quantitative estimate of drug-likeness (QED) is 0.427. The van der Waals surface area contributed by atoms with Crippen LogP contribution in [0.15, 0.2) is 29.3 Å². The van der Waals surface area contributed by atoms with Crippen molar-refractivity contribution in [3.05, 3.63) is 34.9 Å². The van der Waals surface area contributed by atoms with Gasteiger partial charge in [-0.1, -0.05) is 29.8 Å². The van der Waals surface area contributed by atoms with Crippen molar-refractivity contribution in [2.24, 2.45) is 10.9 Å². The highest BCUT2D eigenvalue weighted by Gasteiger charge is 2.21. The first kappa shape index (κ1) is 18.1. The first-order valence-electron chi connectivity index (χ1n) is 8.43. The summed E-state index contributed by atoms with van der Waals surface area (Å²) in [6.45, 7) is 3.41. The molecule has 1 aromatic rings. The molecular weight excluding hydrogens is 310 g/mol. The third kappa shape index (κ3) is 6.80. The van der Waals surface area contributed by atoms with Crippen LogP contribution in [-0.4, -0.2) is 51.3 Å². The van der Waals surface area contributed by atoms with Crippen LogP contribution in [0, 0.1) is 5.92 Å². The lowest BCUT2D eigenvalue weighted by atomic mass is 10.1. The summed E-state index contributed by atoms with van der Waals surface area (Å²) in [7, 11) is 3.86. The van der Waals surface area contributed by atoms with Crippen LogP contribution in [0.3, 0.4) is 0 Å². The molecule has 0 bridgehead atoms. The highest BCUT2D eigenvalue weighted by atomic mass is 35.5. The van der Waals surface area contributed by atoms with Crippen molar-refractivity contribution in [2.75, 3.05) is 40.4 Å². The summed E-state index contributed by atoms with van der Waals surface area (Å²) in [5.74, 6) is 1.74. The first-order valence-corrected chi connectivity index (χ1v) is 8.81. The van der Waals surface area contributed by atoms with E-state index in [0.717, 1.165) is 56.0 Å². The summed E-state index contributed by atoms with van der Waals surface area (Å²) in [5.41, 5.74) is 1.20. The van der Waals surface area contributed by atoms with Crippen molar-refractivity contribution < 1.29 is 4.74 Å². The number of halogens is 1. The maximum atomic E-state index is 6.17. The van der Waals surface area contributed by atoms with Crippen molar-refractivity contribution in [3.63, 3.8) is 0 Å². The van der Waals surface area contributed by atoms with E-state index in [9.17, 15) is 0 Å². The molecule has 0 aliphatic heterocycles. The maximum absolute atomic E-state index is 6.17. The third-order valence-electron chi connectivity index (χ3n) is 4.06. The lowest BCUT2D eigenvalue weighted by Crippen LogP contribution is -2.41. The number of hydrogen-bond acceptors (Lipinski definition) is 2. The predicted molar refractivity (Wildman–Crippen MR) is 97.3 cm³/mol. The number of aliphatic imine (C=N–C) groups is 1. The molecule has 0 unspecified atom stereocenters. The Balaban J connectivity index is 1.60. The second-order valence-corrected chi connectivity index (χ2v) is 6.52. The van der Waals surface area contributed by atoms with Gasteiger partial charge in [0.15, 0.2) is 5.96 Å². The number of benzene rings is 1. The zero-order valence-electron chi connectivity index (χ0n) is 14.2. The van der Waals surface area contributed by atoms with Gasteiger partial charge in [-0.2, -0.15) is 0 Å². The molecule has 1 aromatic carbocycles. The van der Waals surface area contributed by atoms with Crippen LogP contribution in [0.2, 0.25) is 5.02 Å². The summed E-state index contributed by atoms with van der Waals surface area (Å²) in [6.07, 6.45) is 4.67. The summed E-state index contributed by atoms with van der Waals surface area (Å²) in [5, 5.41) is 4.25. The Kier molecular flexibility index (Phi) is 7.69. The average molecular weight is 338 g/mol. The largest absolute Gasteiger partial charge is 0.379 e. The van der Waals surface area contributed by atoms with Gasteiger partial charge in [0.25, 0.3) is 0 Å². The van der Waals surface area contributed by atoms with E-state index in [-0.39, 0.29) is 0 Å². The number of nitrogens with zero attached hydrogens (tertiary/aromatic N) is 2. The molecule has 23 heavy (non-hydrogen) atoms. The molecule has 128 valence electrons. The second kappa shape index (κ2) is 9.78. The second-order valence-electron chi connectivity index (χ2n) is 6.11. The number of ether oxygens (including phenoxy) is 1. The molecule has 0 aromatic heterocycles. The maximum Gasteiger partial charge on any atom is 0.193 e. The minimum atomic E-state index is 0.757. The monoisotopic (exact) mass is 337 g/mol. The Bertz CT molecular complexity index is 503. The van der Waals surface area contributed by atoms with E-state index in [0.29, 0.717) is 0 Å². The molecule has 2 rings (SSSR count). The zero-order valence-corrected chi connectivity index (χ0v) is 15.0. The van der Waals surface area contributed by atoms with Gasteiger partial charge < -0.3 is 15.0 Å². The minimum absolute atomic E-state index is 0.757. The minimum Gasteiger partial charge on any atom is -0.379 e. The van der Waals surface area contributed by atoms with Crippen LogP contribution in [0.1, 0.15) is 24.8 Å². The Morgan fingerprint density at radius 3 is 2.87 bits per heavy atom. The van der Waals surface area contributed by atoms with Gasteiger partial charge in [0.1, 0.15) is 0 Å². The number of aryl methyl sites for hydroxylation is 1. The topological polar surface area (TPSA) is 36.9 Å². The number of nitrogens with one attached hydrogen (secondary N) is 1. The summed E-state index contributed by atoms with van der Waals surface area (Å²) in [6, 6.07) is 8.02. The van der Waals surface area contributed by atoms with Crippen LogP contribution in [-0.2, 0) is 11.2 Å². The van der Waals surface area contributed by atoms with Gasteiger partial charge >= 0.3 is 0 Å². The molecule has 4 nitrogen and oxygen atoms in total. The Morgan fingerprint density at radius 1 is 1.39 bits per heavy atom. The Hall–Kier alpha value is -1.26. The molecule has 1 fully saturated rings. The zero-order chi connectivity index (χ0) is 16.5. The summed E-state index contributed by atoms with van der Waals surface area (Å²) < 4.78 is 5.68. The lowest BCUT2D eigenvalue weighted by molar-refractivity contribution is 0.115. The van der Waals surface area contributed by atoms with Gasteiger partial charge in [-0.3, -0.25) is 4.99 Å². The van der Waals surface area contributed by atoms with E-state index >= 15 is 0 Å². The highest BCUT2D eigenvalue weighted by molar-refractivity contribution is 6.31. The van der Waals surface area contributed by atoms with Gasteiger partial charge in [0, 0.05) is 38.8 Å². The lowest BCUT2D eigenvalue weighted by Gasteiger charge is -2.22. The summed E-state index contributed by atoms with van der Waals surface area (Å²) in [4.78, 5) is 6.44. The fraction of sp³-hybridized carbons (Fsp3) is 0.611. The molecule has 1 aliphatic rings. The van der Waals surface area contributed by atoms with Gasteiger partial charge in [-0.15, -0.1) is 0 Å². The van der Waals surface area contributed by atoms with Crippen molar-refractivity contribution >= 4 is 17.6 Å². The summed E-state index contributed by atoms with van der Waals surface area (Å²) >= 11 is 6.17. The van der Waals surface area contributed by atoms with E-state index in [1.165, 1.54) is 18.4 Å². The van der Waals surface area contributed by atoms with E-state index < -0.39 is 0 Å². The third-order valence-corrected chi connectivity index (χ3v) is 4.43. The van der Waals surface area contributed by atoms with E-state index in [4.69, 9.17) is 16.3 Å². The number of hydrogen-bond donors (Lipinski definition) is 1. The first-order chi connectivity index (χ1) is 11.2. The molecular formula is C18H28ClN3O. The van der Waals surface area contributed by atoms with Crippen molar-refractivity contribution in [1.29, 1.82) is 0 Å². The molecule has 5 heteroatoms. The molecule has 0 saturated heterocycles. The number of guanidine groups is 1. The molecule has 0 atom stereocenters. The van der Waals surface area contributed by atoms with Gasteiger partial charge in [-0.05, 0) is 43.2 Å². The SMILES string of the molecule is CN=C(NCCCc1ccccc1Cl)N(C)CCOCC1CC1. The Morgan fingerprint density at radius 2 is 2.17 bits per heavy atom. The fourth-order valence-electron chi connectivity index (χ4n) is 2.41. The van der Waals surface area contributed by atoms with Gasteiger partial charge in [0.05, 0.1) is 6.61 Å². The van der Waals surface area contributed by atoms with Gasteiger partial charge in [-0.25, -0.2) is 0 Å². The smallest absolute Gasteiger partial charge is 0.193 e. The van der Waals surface area contributed by atoms with Crippen LogP contribution < -0.4 is 5.32 Å². The average Bonchev–Trinajstić information content (AvgIpc) is 3.37. The Labute approximate surface area is 144 Å². The number of rotatable bonds is 9. The molecule has 0 amide bonds. The molecule has 1 saturated carbocycles. The fourth-order valence-corrected chi connectivity index (χ4v) is 2.64. The molecule has 1 N–H and O–H groups in total. The number of likely N-dealkylation sites (N-methyl/N-ethyl adjacent to an activating group) is 1. The van der Waals surface area contributed by atoms with Crippen molar-refractivity contribution in [3.8, 4) is 0 Å². The van der Waals surface area contributed by atoms with E-state index in [1.807, 2.05) is 32.3 Å². The molecule has 1 aliphatic carbocycles. The molecule has 0 spiro atoms. The van der Waals surface area contributed by atoms with Crippen LogP contribution >= 0.6 is 11.6 Å². The molecule has 0 heterocycles. The highest BCUT2D eigenvalue weighted by Crippen LogP contribution is 2.28. The van der Waals surface area contributed by atoms with E-state index in [2.05, 4.69) is 21.3 Å².